The Balaban J connectivity index is 1.33. The number of anilines is 1. The lowest BCUT2D eigenvalue weighted by atomic mass is 9.88. The van der Waals surface area contributed by atoms with Gasteiger partial charge in [0, 0.05) is 49.1 Å². The Morgan fingerprint density at radius 2 is 1.92 bits per heavy atom. The molecular formula is C18H17ClN4S. The summed E-state index contributed by atoms with van der Waals surface area (Å²) >= 11 is 7.86. The van der Waals surface area contributed by atoms with Crippen molar-refractivity contribution in [2.24, 2.45) is 0 Å². The number of aromatic nitrogens is 2. The van der Waals surface area contributed by atoms with Crippen LogP contribution < -0.4 is 4.90 Å². The topological polar surface area (TPSA) is 32.3 Å². The summed E-state index contributed by atoms with van der Waals surface area (Å²) in [5.74, 6) is 0. The summed E-state index contributed by atoms with van der Waals surface area (Å²) < 4.78 is 1.18. The molecule has 24 heavy (non-hydrogen) atoms. The summed E-state index contributed by atoms with van der Waals surface area (Å²) in [5.41, 5.74) is 2.39. The molecule has 0 saturated carbocycles. The van der Waals surface area contributed by atoms with Crippen molar-refractivity contribution >= 4 is 38.3 Å². The molecule has 2 bridgehead atoms. The number of halogens is 1. The minimum atomic E-state index is 0.585. The predicted molar refractivity (Wildman–Crippen MR) is 98.8 cm³/mol. The van der Waals surface area contributed by atoms with E-state index in [1.54, 1.807) is 11.3 Å². The molecule has 0 amide bonds. The second kappa shape index (κ2) is 5.69. The van der Waals surface area contributed by atoms with Gasteiger partial charge in [0.05, 0.1) is 10.2 Å². The minimum absolute atomic E-state index is 0.585. The van der Waals surface area contributed by atoms with Crippen LogP contribution in [0.4, 0.5) is 5.13 Å². The Bertz CT molecular complexity index is 869. The molecule has 3 fully saturated rings. The van der Waals surface area contributed by atoms with Crippen molar-refractivity contribution in [1.82, 2.24) is 14.9 Å². The molecule has 2 unspecified atom stereocenters. The molecule has 0 aliphatic carbocycles. The molecule has 2 atom stereocenters. The molecule has 4 nitrogen and oxygen atoms in total. The Hall–Kier alpha value is -1.69. The van der Waals surface area contributed by atoms with Crippen molar-refractivity contribution in [3.63, 3.8) is 0 Å². The molecule has 5 heterocycles. The van der Waals surface area contributed by atoms with Crippen LogP contribution in [0.2, 0.25) is 5.02 Å². The van der Waals surface area contributed by atoms with Gasteiger partial charge in [-0.1, -0.05) is 22.9 Å². The van der Waals surface area contributed by atoms with Gasteiger partial charge in [-0.05, 0) is 42.3 Å². The zero-order valence-corrected chi connectivity index (χ0v) is 14.7. The first-order valence-electron chi connectivity index (χ1n) is 8.22. The average molecular weight is 357 g/mol. The molecule has 0 N–H and O–H groups in total. The zero-order valence-electron chi connectivity index (χ0n) is 13.1. The van der Waals surface area contributed by atoms with Gasteiger partial charge < -0.3 is 4.90 Å². The highest BCUT2D eigenvalue weighted by Crippen LogP contribution is 2.41. The third-order valence-corrected chi connectivity index (χ3v) is 6.25. The molecule has 3 aliphatic heterocycles. The molecule has 1 aromatic carbocycles. The fourth-order valence-corrected chi connectivity index (χ4v) is 5.27. The van der Waals surface area contributed by atoms with Crippen LogP contribution in [0, 0.1) is 0 Å². The van der Waals surface area contributed by atoms with Gasteiger partial charge in [-0.3, -0.25) is 9.88 Å². The predicted octanol–water partition coefficient (Wildman–Crippen LogP) is 3.81. The first-order valence-corrected chi connectivity index (χ1v) is 9.41. The molecule has 3 aliphatic rings. The van der Waals surface area contributed by atoms with E-state index in [-0.39, 0.29) is 0 Å². The van der Waals surface area contributed by atoms with Crippen molar-refractivity contribution in [3.8, 4) is 0 Å². The number of piperidine rings is 1. The summed E-state index contributed by atoms with van der Waals surface area (Å²) in [6.07, 6.45) is 5.03. The van der Waals surface area contributed by atoms with Crippen molar-refractivity contribution < 1.29 is 0 Å². The van der Waals surface area contributed by atoms with Crippen molar-refractivity contribution in [2.75, 3.05) is 18.0 Å². The van der Waals surface area contributed by atoms with Crippen LogP contribution in [-0.4, -0.2) is 40.0 Å². The number of hydrogen-bond acceptors (Lipinski definition) is 5. The first kappa shape index (κ1) is 14.6. The van der Waals surface area contributed by atoms with Crippen LogP contribution in [-0.2, 0) is 6.54 Å². The van der Waals surface area contributed by atoms with Crippen LogP contribution in [0.1, 0.15) is 12.0 Å². The monoisotopic (exact) mass is 356 g/mol. The normalized spacial score (nSPS) is 23.5. The minimum Gasteiger partial charge on any atom is -0.339 e. The number of nitrogens with zero attached hydrogens (tertiary/aromatic N) is 4. The number of fused-ring (bicyclic) bond motifs is 3. The Kier molecular flexibility index (Phi) is 3.47. The Morgan fingerprint density at radius 1 is 1.12 bits per heavy atom. The molecule has 3 aromatic rings. The van der Waals surface area contributed by atoms with Crippen LogP contribution in [0.3, 0.4) is 0 Å². The number of rotatable bonds is 3. The van der Waals surface area contributed by atoms with Crippen molar-refractivity contribution in [2.45, 2.75) is 25.0 Å². The van der Waals surface area contributed by atoms with Crippen molar-refractivity contribution in [3.05, 3.63) is 53.3 Å². The molecule has 0 radical (unpaired) electrons. The maximum atomic E-state index is 6.10. The fraction of sp³-hybridized carbons (Fsp3) is 0.333. The Morgan fingerprint density at radius 3 is 2.71 bits per heavy atom. The van der Waals surface area contributed by atoms with Gasteiger partial charge in [0.25, 0.3) is 0 Å². The number of thiazole rings is 1. The van der Waals surface area contributed by atoms with E-state index < -0.39 is 0 Å². The second-order valence-electron chi connectivity index (χ2n) is 6.61. The third-order valence-electron chi connectivity index (χ3n) is 4.98. The number of pyridine rings is 1. The largest absolute Gasteiger partial charge is 0.339 e. The van der Waals surface area contributed by atoms with E-state index >= 15 is 0 Å². The number of benzene rings is 1. The van der Waals surface area contributed by atoms with Gasteiger partial charge in [-0.2, -0.15) is 0 Å². The Labute approximate surface area is 149 Å². The molecular weight excluding hydrogens is 340 g/mol. The summed E-state index contributed by atoms with van der Waals surface area (Å²) in [6, 6.07) is 11.3. The zero-order chi connectivity index (χ0) is 16.1. The quantitative estimate of drug-likeness (QED) is 0.714. The molecule has 2 aromatic heterocycles. The standard InChI is InChI=1S/C18H17ClN4S/c19-13-1-2-16-17(7-13)24-18(21-16)23-14-8-15(23)11-22(10-14)9-12-3-5-20-6-4-12/h1-7,14-15H,8-11H2. The highest BCUT2D eigenvalue weighted by Gasteiger charge is 2.45. The van der Waals surface area contributed by atoms with Gasteiger partial charge in [-0.25, -0.2) is 4.98 Å². The molecule has 3 saturated heterocycles. The lowest BCUT2D eigenvalue weighted by Gasteiger charge is -2.56. The van der Waals surface area contributed by atoms with E-state index in [9.17, 15) is 0 Å². The fourth-order valence-electron chi connectivity index (χ4n) is 3.88. The van der Waals surface area contributed by atoms with Crippen LogP contribution in [0.5, 0.6) is 0 Å². The summed E-state index contributed by atoms with van der Waals surface area (Å²) in [5, 5.41) is 1.93. The highest BCUT2D eigenvalue weighted by molar-refractivity contribution is 7.22. The van der Waals surface area contributed by atoms with E-state index in [4.69, 9.17) is 16.6 Å². The lowest BCUT2D eigenvalue weighted by Crippen LogP contribution is -2.68. The van der Waals surface area contributed by atoms with E-state index in [1.807, 2.05) is 30.6 Å². The van der Waals surface area contributed by atoms with E-state index in [0.717, 1.165) is 35.3 Å². The van der Waals surface area contributed by atoms with Crippen LogP contribution in [0.15, 0.2) is 42.7 Å². The summed E-state index contributed by atoms with van der Waals surface area (Å²) in [7, 11) is 0. The molecule has 0 spiro atoms. The average Bonchev–Trinajstić information content (AvgIpc) is 2.97. The van der Waals surface area contributed by atoms with Gasteiger partial charge in [0.1, 0.15) is 0 Å². The maximum Gasteiger partial charge on any atom is 0.187 e. The first-order chi connectivity index (χ1) is 11.8. The number of hydrogen-bond donors (Lipinski definition) is 0. The third kappa shape index (κ3) is 2.48. The van der Waals surface area contributed by atoms with Crippen LogP contribution in [0.25, 0.3) is 10.2 Å². The van der Waals surface area contributed by atoms with E-state index in [1.165, 1.54) is 16.7 Å². The summed E-state index contributed by atoms with van der Waals surface area (Å²) in [4.78, 5) is 14.0. The highest BCUT2D eigenvalue weighted by atomic mass is 35.5. The lowest BCUT2D eigenvalue weighted by molar-refractivity contribution is 0.108. The smallest absolute Gasteiger partial charge is 0.187 e. The molecule has 6 rings (SSSR count). The van der Waals surface area contributed by atoms with Crippen molar-refractivity contribution in [1.29, 1.82) is 0 Å². The van der Waals surface area contributed by atoms with Gasteiger partial charge >= 0.3 is 0 Å². The van der Waals surface area contributed by atoms with Gasteiger partial charge in [0.15, 0.2) is 5.13 Å². The van der Waals surface area contributed by atoms with E-state index in [0.29, 0.717) is 12.1 Å². The SMILES string of the molecule is Clc1ccc2nc(N3C4CC3CN(Cc3ccncc3)C4)sc2c1. The van der Waals surface area contributed by atoms with Crippen LogP contribution >= 0.6 is 22.9 Å². The van der Waals surface area contributed by atoms with Gasteiger partial charge in [-0.15, -0.1) is 0 Å². The van der Waals surface area contributed by atoms with E-state index in [2.05, 4.69) is 26.9 Å². The summed E-state index contributed by atoms with van der Waals surface area (Å²) in [6.45, 7) is 3.23. The molecule has 6 heteroatoms. The maximum absolute atomic E-state index is 6.10. The number of piperazine rings is 1. The second-order valence-corrected chi connectivity index (χ2v) is 8.05. The molecule has 122 valence electrons. The van der Waals surface area contributed by atoms with Gasteiger partial charge in [0.2, 0.25) is 0 Å².